The van der Waals surface area contributed by atoms with Gasteiger partial charge in [-0.25, -0.2) is 4.79 Å². The first-order chi connectivity index (χ1) is 11.6. The van der Waals surface area contributed by atoms with Gasteiger partial charge in [-0.1, -0.05) is 6.07 Å². The van der Waals surface area contributed by atoms with E-state index in [0.717, 1.165) is 36.4 Å². The van der Waals surface area contributed by atoms with Crippen LogP contribution in [0, 0.1) is 0 Å². The lowest BCUT2D eigenvalue weighted by molar-refractivity contribution is -0.128. The van der Waals surface area contributed by atoms with Gasteiger partial charge in [-0.2, -0.15) is 0 Å². The van der Waals surface area contributed by atoms with Crippen molar-refractivity contribution in [2.24, 2.45) is 0 Å². The SMILES string of the molecule is CC(=O)N1CCCN(C(=O)NCCc2ccc3c(c2)OCO3)CC1. The molecule has 1 aromatic rings. The minimum absolute atomic E-state index is 0.0684. The van der Waals surface area contributed by atoms with Crippen LogP contribution >= 0.6 is 0 Å². The Balaban J connectivity index is 1.44. The van der Waals surface area contributed by atoms with E-state index in [0.29, 0.717) is 26.2 Å². The third-order valence-electron chi connectivity index (χ3n) is 4.36. The van der Waals surface area contributed by atoms with Crippen molar-refractivity contribution >= 4 is 11.9 Å². The van der Waals surface area contributed by atoms with E-state index in [9.17, 15) is 9.59 Å². The summed E-state index contributed by atoms with van der Waals surface area (Å²) >= 11 is 0. The molecule has 0 aliphatic carbocycles. The molecule has 1 fully saturated rings. The molecule has 0 aromatic heterocycles. The van der Waals surface area contributed by atoms with Crippen LogP contribution in [0.1, 0.15) is 18.9 Å². The smallest absolute Gasteiger partial charge is 0.317 e. The van der Waals surface area contributed by atoms with Gasteiger partial charge in [0, 0.05) is 39.6 Å². The Bertz CT molecular complexity index is 620. The summed E-state index contributed by atoms with van der Waals surface area (Å²) in [6.07, 6.45) is 1.55. The van der Waals surface area contributed by atoms with Gasteiger partial charge in [-0.05, 0) is 30.5 Å². The van der Waals surface area contributed by atoms with Crippen molar-refractivity contribution in [2.45, 2.75) is 19.8 Å². The van der Waals surface area contributed by atoms with E-state index >= 15 is 0 Å². The summed E-state index contributed by atoms with van der Waals surface area (Å²) in [6, 6.07) is 5.76. The first kappa shape index (κ1) is 16.4. The first-order valence-corrected chi connectivity index (χ1v) is 8.30. The molecule has 1 aromatic carbocycles. The molecule has 24 heavy (non-hydrogen) atoms. The molecule has 0 unspecified atom stereocenters. The number of nitrogens with one attached hydrogen (secondary N) is 1. The number of hydrogen-bond acceptors (Lipinski definition) is 4. The van der Waals surface area contributed by atoms with E-state index in [-0.39, 0.29) is 18.7 Å². The summed E-state index contributed by atoms with van der Waals surface area (Å²) in [5.74, 6) is 1.60. The normalized spacial score (nSPS) is 16.7. The summed E-state index contributed by atoms with van der Waals surface area (Å²) in [4.78, 5) is 27.3. The quantitative estimate of drug-likeness (QED) is 0.903. The number of hydrogen-bond donors (Lipinski definition) is 1. The van der Waals surface area contributed by atoms with Gasteiger partial charge in [-0.3, -0.25) is 4.79 Å². The van der Waals surface area contributed by atoms with Crippen molar-refractivity contribution in [3.8, 4) is 11.5 Å². The lowest BCUT2D eigenvalue weighted by atomic mass is 10.1. The van der Waals surface area contributed by atoms with Crippen molar-refractivity contribution in [1.82, 2.24) is 15.1 Å². The molecule has 0 radical (unpaired) electrons. The van der Waals surface area contributed by atoms with E-state index in [1.54, 1.807) is 16.7 Å². The second-order valence-corrected chi connectivity index (χ2v) is 6.02. The molecule has 0 saturated carbocycles. The van der Waals surface area contributed by atoms with Crippen molar-refractivity contribution in [1.29, 1.82) is 0 Å². The predicted octanol–water partition coefficient (Wildman–Crippen LogP) is 1.22. The Kier molecular flexibility index (Phi) is 5.08. The number of ether oxygens (including phenoxy) is 2. The van der Waals surface area contributed by atoms with Crippen molar-refractivity contribution in [3.05, 3.63) is 23.8 Å². The van der Waals surface area contributed by atoms with E-state index in [1.165, 1.54) is 0 Å². The molecule has 0 bridgehead atoms. The highest BCUT2D eigenvalue weighted by atomic mass is 16.7. The van der Waals surface area contributed by atoms with Crippen molar-refractivity contribution < 1.29 is 19.1 Å². The molecule has 1 saturated heterocycles. The maximum absolute atomic E-state index is 12.3. The van der Waals surface area contributed by atoms with Crippen LogP contribution in [0.2, 0.25) is 0 Å². The molecular formula is C17H23N3O4. The van der Waals surface area contributed by atoms with E-state index in [1.807, 2.05) is 18.2 Å². The largest absolute Gasteiger partial charge is 0.454 e. The van der Waals surface area contributed by atoms with Gasteiger partial charge in [0.25, 0.3) is 0 Å². The van der Waals surface area contributed by atoms with Crippen molar-refractivity contribution in [3.63, 3.8) is 0 Å². The zero-order valence-corrected chi connectivity index (χ0v) is 13.9. The second-order valence-electron chi connectivity index (χ2n) is 6.02. The molecular weight excluding hydrogens is 310 g/mol. The van der Waals surface area contributed by atoms with Crippen LogP contribution in [-0.2, 0) is 11.2 Å². The van der Waals surface area contributed by atoms with E-state index < -0.39 is 0 Å². The Labute approximate surface area is 141 Å². The number of urea groups is 1. The summed E-state index contributed by atoms with van der Waals surface area (Å²) in [7, 11) is 0. The van der Waals surface area contributed by atoms with Crippen molar-refractivity contribution in [2.75, 3.05) is 39.5 Å². The molecule has 7 nitrogen and oxygen atoms in total. The summed E-state index contributed by atoms with van der Waals surface area (Å²) in [6.45, 7) is 4.98. The number of amides is 3. The standard InChI is InChI=1S/C17H23N3O4/c1-13(21)19-7-2-8-20(10-9-19)17(22)18-6-5-14-3-4-15-16(11-14)24-12-23-15/h3-4,11H,2,5-10,12H2,1H3,(H,18,22). The molecule has 2 heterocycles. The molecule has 7 heteroatoms. The first-order valence-electron chi connectivity index (χ1n) is 8.30. The molecule has 3 rings (SSSR count). The highest BCUT2D eigenvalue weighted by Crippen LogP contribution is 2.32. The van der Waals surface area contributed by atoms with Gasteiger partial charge in [0.05, 0.1) is 0 Å². The summed E-state index contributed by atoms with van der Waals surface area (Å²) < 4.78 is 10.6. The number of benzene rings is 1. The zero-order valence-electron chi connectivity index (χ0n) is 13.9. The van der Waals surface area contributed by atoms with Crippen LogP contribution in [-0.4, -0.2) is 61.3 Å². The van der Waals surface area contributed by atoms with Crippen LogP contribution in [0.15, 0.2) is 18.2 Å². The fourth-order valence-electron chi connectivity index (χ4n) is 2.96. The lowest BCUT2D eigenvalue weighted by Crippen LogP contribution is -2.43. The number of carbonyl (C=O) groups excluding carboxylic acids is 2. The average Bonchev–Trinajstić information content (AvgIpc) is 2.88. The number of fused-ring (bicyclic) bond motifs is 1. The Morgan fingerprint density at radius 3 is 2.67 bits per heavy atom. The van der Waals surface area contributed by atoms with Crippen LogP contribution < -0.4 is 14.8 Å². The van der Waals surface area contributed by atoms with Gasteiger partial charge >= 0.3 is 6.03 Å². The fraction of sp³-hybridized carbons (Fsp3) is 0.529. The van der Waals surface area contributed by atoms with E-state index in [2.05, 4.69) is 5.32 Å². The molecule has 2 aliphatic heterocycles. The third kappa shape index (κ3) is 3.90. The number of nitrogens with zero attached hydrogens (tertiary/aromatic N) is 2. The van der Waals surface area contributed by atoms with Gasteiger partial charge < -0.3 is 24.6 Å². The van der Waals surface area contributed by atoms with Crippen LogP contribution in [0.5, 0.6) is 11.5 Å². The minimum atomic E-state index is -0.0684. The summed E-state index contributed by atoms with van der Waals surface area (Å²) in [5, 5.41) is 2.95. The molecule has 1 N–H and O–H groups in total. The molecule has 3 amide bonds. The van der Waals surface area contributed by atoms with Crippen LogP contribution in [0.3, 0.4) is 0 Å². The monoisotopic (exact) mass is 333 g/mol. The van der Waals surface area contributed by atoms with E-state index in [4.69, 9.17) is 9.47 Å². The number of rotatable bonds is 3. The molecule has 0 spiro atoms. The predicted molar refractivity (Wildman–Crippen MR) is 88.1 cm³/mol. The zero-order chi connectivity index (χ0) is 16.9. The number of carbonyl (C=O) groups is 2. The Morgan fingerprint density at radius 2 is 1.83 bits per heavy atom. The highest BCUT2D eigenvalue weighted by Gasteiger charge is 2.20. The summed E-state index contributed by atoms with van der Waals surface area (Å²) in [5.41, 5.74) is 1.10. The maximum Gasteiger partial charge on any atom is 0.317 e. The lowest BCUT2D eigenvalue weighted by Gasteiger charge is -2.21. The maximum atomic E-state index is 12.3. The fourth-order valence-corrected chi connectivity index (χ4v) is 2.96. The van der Waals surface area contributed by atoms with Crippen LogP contribution in [0.4, 0.5) is 4.79 Å². The minimum Gasteiger partial charge on any atom is -0.454 e. The second kappa shape index (κ2) is 7.42. The van der Waals surface area contributed by atoms with Crippen LogP contribution in [0.25, 0.3) is 0 Å². The van der Waals surface area contributed by atoms with Gasteiger partial charge in [0.1, 0.15) is 0 Å². The Morgan fingerprint density at radius 1 is 1.08 bits per heavy atom. The average molecular weight is 333 g/mol. The molecule has 0 atom stereocenters. The molecule has 2 aliphatic rings. The molecule has 130 valence electrons. The van der Waals surface area contributed by atoms with Gasteiger partial charge in [0.2, 0.25) is 12.7 Å². The topological polar surface area (TPSA) is 71.1 Å². The van der Waals surface area contributed by atoms with Gasteiger partial charge in [0.15, 0.2) is 11.5 Å². The Hall–Kier alpha value is -2.44. The highest BCUT2D eigenvalue weighted by molar-refractivity contribution is 5.75. The van der Waals surface area contributed by atoms with Gasteiger partial charge in [-0.15, -0.1) is 0 Å². The third-order valence-corrected chi connectivity index (χ3v) is 4.36.